The maximum absolute atomic E-state index is 12.3. The molecule has 1 aromatic carbocycles. The van der Waals surface area contributed by atoms with E-state index in [1.54, 1.807) is 0 Å². The molecule has 1 aliphatic carbocycles. The fraction of sp³-hybridized carbons (Fsp3) is 0.364. The van der Waals surface area contributed by atoms with E-state index in [0.717, 1.165) is 12.8 Å². The maximum atomic E-state index is 12.3. The number of hydrogen-bond acceptors (Lipinski definition) is 4. The lowest BCUT2D eigenvalue weighted by atomic mass is 10.2. The van der Waals surface area contributed by atoms with Crippen molar-refractivity contribution in [1.29, 1.82) is 0 Å². The number of nitrogens with two attached hydrogens (primary N) is 1. The molecule has 6 nitrogen and oxygen atoms in total. The Kier molecular flexibility index (Phi) is 4.58. The summed E-state index contributed by atoms with van der Waals surface area (Å²) in [5.74, 6) is -0.0690. The number of amidine groups is 1. The van der Waals surface area contributed by atoms with E-state index in [2.05, 4.69) is 25.8 Å². The molecule has 110 valence electrons. The highest BCUT2D eigenvalue weighted by Gasteiger charge is 2.37. The third-order valence-electron chi connectivity index (χ3n) is 3.01. The molecule has 1 atom stereocenters. The number of oxime groups is 1. The van der Waals surface area contributed by atoms with Gasteiger partial charge < -0.3 is 10.9 Å². The Morgan fingerprint density at radius 1 is 1.55 bits per heavy atom. The van der Waals surface area contributed by atoms with Gasteiger partial charge in [0.25, 0.3) is 0 Å². The highest BCUT2D eigenvalue weighted by Crippen LogP contribution is 2.34. The minimum Gasteiger partial charge on any atom is -0.409 e. The van der Waals surface area contributed by atoms with Crippen LogP contribution in [0.1, 0.15) is 12.8 Å². The second kappa shape index (κ2) is 5.88. The molecule has 1 saturated carbocycles. The minimum absolute atomic E-state index is 0.0603. The van der Waals surface area contributed by atoms with Gasteiger partial charge in [0, 0.05) is 4.47 Å². The Morgan fingerprint density at radius 2 is 2.20 bits per heavy atom. The van der Waals surface area contributed by atoms with Crippen LogP contribution in [-0.2, 0) is 10.0 Å². The zero-order valence-electron chi connectivity index (χ0n) is 10.3. The Labute approximate surface area is 130 Å². The molecule has 9 heteroatoms. The largest absolute Gasteiger partial charge is 0.409 e. The molecule has 0 aliphatic heterocycles. The summed E-state index contributed by atoms with van der Waals surface area (Å²) in [4.78, 5) is 0.0603. The van der Waals surface area contributed by atoms with Crippen molar-refractivity contribution in [2.45, 2.75) is 23.8 Å². The molecule has 0 bridgehead atoms. The number of halogens is 2. The number of nitrogens with one attached hydrogen (secondary N) is 1. The molecular weight excluding hydrogens is 370 g/mol. The van der Waals surface area contributed by atoms with E-state index in [1.165, 1.54) is 18.2 Å². The minimum atomic E-state index is -3.77. The molecule has 0 radical (unpaired) electrons. The van der Waals surface area contributed by atoms with Gasteiger partial charge in [0.15, 0.2) is 5.84 Å². The van der Waals surface area contributed by atoms with Gasteiger partial charge in [0.1, 0.15) is 0 Å². The van der Waals surface area contributed by atoms with Gasteiger partial charge in [-0.2, -0.15) is 0 Å². The summed E-state index contributed by atoms with van der Waals surface area (Å²) in [6.45, 7) is 0. The number of benzene rings is 1. The van der Waals surface area contributed by atoms with Crippen LogP contribution in [0.4, 0.5) is 0 Å². The standard InChI is InChI=1S/C11H13BrClN3O3S/c12-8-5-7(3-4-9(8)13)20(18,19)16-10(6-1-2-6)11(14)15-17/h3-6,10,16-17H,1-2H2,(H2,14,15). The van der Waals surface area contributed by atoms with Crippen molar-refractivity contribution in [1.82, 2.24) is 4.72 Å². The molecule has 1 unspecified atom stereocenters. The van der Waals surface area contributed by atoms with Crippen LogP contribution in [-0.4, -0.2) is 25.5 Å². The van der Waals surface area contributed by atoms with E-state index in [9.17, 15) is 8.42 Å². The lowest BCUT2D eigenvalue weighted by molar-refractivity contribution is 0.314. The van der Waals surface area contributed by atoms with E-state index in [4.69, 9.17) is 22.5 Å². The predicted molar refractivity (Wildman–Crippen MR) is 79.4 cm³/mol. The Morgan fingerprint density at radius 3 is 2.70 bits per heavy atom. The van der Waals surface area contributed by atoms with Crippen molar-refractivity contribution in [2.24, 2.45) is 16.8 Å². The van der Waals surface area contributed by atoms with Crippen molar-refractivity contribution in [3.05, 3.63) is 27.7 Å². The summed E-state index contributed by atoms with van der Waals surface area (Å²) in [7, 11) is -3.77. The summed E-state index contributed by atoms with van der Waals surface area (Å²) < 4.78 is 27.5. The van der Waals surface area contributed by atoms with Gasteiger partial charge in [-0.05, 0) is 52.9 Å². The monoisotopic (exact) mass is 381 g/mol. The molecule has 2 rings (SSSR count). The molecule has 4 N–H and O–H groups in total. The first-order valence-electron chi connectivity index (χ1n) is 5.80. The predicted octanol–water partition coefficient (Wildman–Crippen LogP) is 1.91. The third kappa shape index (κ3) is 3.43. The Bertz CT molecular complexity index is 646. The molecule has 1 aliphatic rings. The van der Waals surface area contributed by atoms with Crippen LogP contribution in [0.2, 0.25) is 5.02 Å². The van der Waals surface area contributed by atoms with E-state index in [0.29, 0.717) is 9.50 Å². The van der Waals surface area contributed by atoms with Gasteiger partial charge >= 0.3 is 0 Å². The van der Waals surface area contributed by atoms with Crippen LogP contribution >= 0.6 is 27.5 Å². The third-order valence-corrected chi connectivity index (χ3v) is 5.66. The van der Waals surface area contributed by atoms with Crippen LogP contribution in [0.25, 0.3) is 0 Å². The molecule has 0 saturated heterocycles. The molecular formula is C11H13BrClN3O3S. The van der Waals surface area contributed by atoms with Crippen molar-refractivity contribution in [3.8, 4) is 0 Å². The summed E-state index contributed by atoms with van der Waals surface area (Å²) in [6, 6.07) is 3.59. The van der Waals surface area contributed by atoms with Crippen LogP contribution in [0, 0.1) is 5.92 Å². The number of hydrogen-bond donors (Lipinski definition) is 3. The van der Waals surface area contributed by atoms with Crippen molar-refractivity contribution < 1.29 is 13.6 Å². The summed E-state index contributed by atoms with van der Waals surface area (Å²) in [5, 5.41) is 12.0. The summed E-state index contributed by atoms with van der Waals surface area (Å²) in [5.41, 5.74) is 5.54. The van der Waals surface area contributed by atoms with Gasteiger partial charge in [-0.1, -0.05) is 16.8 Å². The number of rotatable bonds is 5. The first kappa shape index (κ1) is 15.6. The van der Waals surface area contributed by atoms with Crippen molar-refractivity contribution in [2.75, 3.05) is 0 Å². The van der Waals surface area contributed by atoms with Gasteiger partial charge in [0.2, 0.25) is 10.0 Å². The fourth-order valence-corrected chi connectivity index (χ4v) is 3.72. The molecule has 0 spiro atoms. The molecule has 20 heavy (non-hydrogen) atoms. The topological polar surface area (TPSA) is 105 Å². The second-order valence-corrected chi connectivity index (χ2v) is 7.51. The highest BCUT2D eigenvalue weighted by molar-refractivity contribution is 9.10. The van der Waals surface area contributed by atoms with Crippen LogP contribution < -0.4 is 10.5 Å². The maximum Gasteiger partial charge on any atom is 0.241 e. The van der Waals surface area contributed by atoms with Crippen molar-refractivity contribution >= 4 is 43.4 Å². The normalized spacial score (nSPS) is 18.0. The fourth-order valence-electron chi connectivity index (χ4n) is 1.77. The van der Waals surface area contributed by atoms with Crippen LogP contribution in [0.5, 0.6) is 0 Å². The Hall–Kier alpha value is -0.830. The summed E-state index contributed by atoms with van der Waals surface area (Å²) >= 11 is 9.01. The van der Waals surface area contributed by atoms with E-state index >= 15 is 0 Å². The smallest absolute Gasteiger partial charge is 0.241 e. The molecule has 0 aromatic heterocycles. The van der Waals surface area contributed by atoms with Crippen molar-refractivity contribution in [3.63, 3.8) is 0 Å². The van der Waals surface area contributed by atoms with Crippen LogP contribution in [0.3, 0.4) is 0 Å². The van der Waals surface area contributed by atoms with Gasteiger partial charge in [-0.3, -0.25) is 0 Å². The zero-order valence-corrected chi connectivity index (χ0v) is 13.4. The quantitative estimate of drug-likeness (QED) is 0.313. The van der Waals surface area contributed by atoms with Gasteiger partial charge in [-0.15, -0.1) is 0 Å². The van der Waals surface area contributed by atoms with Gasteiger partial charge in [-0.25, -0.2) is 13.1 Å². The van der Waals surface area contributed by atoms with E-state index in [1.807, 2.05) is 0 Å². The summed E-state index contributed by atoms with van der Waals surface area (Å²) in [6.07, 6.45) is 1.68. The number of sulfonamides is 1. The van der Waals surface area contributed by atoms with Crippen LogP contribution in [0.15, 0.2) is 32.7 Å². The lowest BCUT2D eigenvalue weighted by Crippen LogP contribution is -2.46. The first-order chi connectivity index (χ1) is 9.35. The Balaban J connectivity index is 2.27. The molecule has 0 amide bonds. The van der Waals surface area contributed by atoms with Gasteiger partial charge in [0.05, 0.1) is 16.0 Å². The lowest BCUT2D eigenvalue weighted by Gasteiger charge is -2.17. The zero-order chi connectivity index (χ0) is 14.9. The average molecular weight is 383 g/mol. The van der Waals surface area contributed by atoms with E-state index in [-0.39, 0.29) is 16.6 Å². The van der Waals surface area contributed by atoms with E-state index < -0.39 is 16.1 Å². The molecule has 1 fully saturated rings. The molecule has 1 aromatic rings. The number of nitrogens with zero attached hydrogens (tertiary/aromatic N) is 1. The second-order valence-electron chi connectivity index (χ2n) is 4.54. The SMILES string of the molecule is N/C(=N/O)C(NS(=O)(=O)c1ccc(Cl)c(Br)c1)C1CC1. The highest BCUT2D eigenvalue weighted by atomic mass is 79.9. The first-order valence-corrected chi connectivity index (χ1v) is 8.45. The molecule has 0 heterocycles. The average Bonchev–Trinajstić information content (AvgIpc) is 3.22.